The third kappa shape index (κ3) is 4.26. The molecule has 0 amide bonds. The Bertz CT molecular complexity index is 659. The van der Waals surface area contributed by atoms with Crippen molar-refractivity contribution in [3.05, 3.63) is 55.9 Å². The van der Waals surface area contributed by atoms with Crippen molar-refractivity contribution in [3.8, 4) is 0 Å². The van der Waals surface area contributed by atoms with Gasteiger partial charge in [-0.15, -0.1) is 11.3 Å². The Morgan fingerprint density at radius 3 is 2.76 bits per heavy atom. The average Bonchev–Trinajstić information content (AvgIpc) is 2.85. The molecule has 1 aromatic carbocycles. The van der Waals surface area contributed by atoms with E-state index >= 15 is 0 Å². The standard InChI is InChI=1S/C14H15BrFN3OS/c1-19(7-12-5-11(15)8-21-12)6-10-3-2-9(4-13(10)16)14(17)18-20/h2-5,8,20H,6-7H2,1H3,(H2,17,18). The molecule has 7 heteroatoms. The van der Waals surface area contributed by atoms with Gasteiger partial charge in [0.05, 0.1) is 0 Å². The van der Waals surface area contributed by atoms with E-state index in [9.17, 15) is 4.39 Å². The Kier molecular flexibility index (Phi) is 5.33. The zero-order valence-electron chi connectivity index (χ0n) is 11.4. The molecule has 0 aliphatic rings. The highest BCUT2D eigenvalue weighted by Crippen LogP contribution is 2.21. The Labute approximate surface area is 134 Å². The predicted octanol–water partition coefficient (Wildman–Crippen LogP) is 3.38. The molecule has 0 aliphatic carbocycles. The van der Waals surface area contributed by atoms with E-state index in [0.717, 1.165) is 11.0 Å². The van der Waals surface area contributed by atoms with Crippen LogP contribution in [0.3, 0.4) is 0 Å². The van der Waals surface area contributed by atoms with Crippen molar-refractivity contribution >= 4 is 33.1 Å². The van der Waals surface area contributed by atoms with Crippen LogP contribution < -0.4 is 5.73 Å². The van der Waals surface area contributed by atoms with Crippen molar-refractivity contribution in [1.29, 1.82) is 0 Å². The van der Waals surface area contributed by atoms with E-state index in [2.05, 4.69) is 27.2 Å². The minimum absolute atomic E-state index is 0.0998. The fraction of sp³-hybridized carbons (Fsp3) is 0.214. The Balaban J connectivity index is 2.05. The first-order valence-corrected chi connectivity index (χ1v) is 7.84. The topological polar surface area (TPSA) is 61.8 Å². The molecule has 0 saturated heterocycles. The maximum Gasteiger partial charge on any atom is 0.170 e. The van der Waals surface area contributed by atoms with Crippen LogP contribution >= 0.6 is 27.3 Å². The first kappa shape index (κ1) is 15.9. The minimum atomic E-state index is -0.363. The fourth-order valence-corrected chi connectivity index (χ4v) is 3.47. The molecule has 2 aromatic rings. The zero-order chi connectivity index (χ0) is 15.4. The van der Waals surface area contributed by atoms with E-state index < -0.39 is 0 Å². The van der Waals surface area contributed by atoms with Gasteiger partial charge in [0.15, 0.2) is 5.84 Å². The number of rotatable bonds is 5. The second-order valence-electron chi connectivity index (χ2n) is 4.69. The summed E-state index contributed by atoms with van der Waals surface area (Å²) in [5.74, 6) is -0.462. The van der Waals surface area contributed by atoms with Gasteiger partial charge in [-0.1, -0.05) is 17.3 Å². The molecule has 0 saturated carbocycles. The summed E-state index contributed by atoms with van der Waals surface area (Å²) in [5.41, 5.74) is 6.38. The molecule has 0 spiro atoms. The molecule has 0 fully saturated rings. The largest absolute Gasteiger partial charge is 0.409 e. The average molecular weight is 372 g/mol. The molecule has 1 heterocycles. The fourth-order valence-electron chi connectivity index (χ4n) is 1.94. The number of thiophene rings is 1. The molecule has 1 aromatic heterocycles. The summed E-state index contributed by atoms with van der Waals surface area (Å²) < 4.78 is 15.1. The van der Waals surface area contributed by atoms with Crippen molar-refractivity contribution in [1.82, 2.24) is 4.90 Å². The summed E-state index contributed by atoms with van der Waals surface area (Å²) >= 11 is 5.08. The summed E-state index contributed by atoms with van der Waals surface area (Å²) in [6, 6.07) is 6.63. The highest BCUT2D eigenvalue weighted by Gasteiger charge is 2.10. The molecule has 2 rings (SSSR count). The number of oxime groups is 1. The molecule has 3 N–H and O–H groups in total. The summed E-state index contributed by atoms with van der Waals surface area (Å²) in [6.07, 6.45) is 0. The third-order valence-electron chi connectivity index (χ3n) is 2.94. The monoisotopic (exact) mass is 371 g/mol. The molecule has 0 unspecified atom stereocenters. The van der Waals surface area contributed by atoms with E-state index in [-0.39, 0.29) is 11.7 Å². The molecular formula is C14H15BrFN3OS. The van der Waals surface area contributed by atoms with E-state index in [1.54, 1.807) is 23.5 Å². The number of hydrogen-bond donors (Lipinski definition) is 2. The smallest absolute Gasteiger partial charge is 0.170 e. The van der Waals surface area contributed by atoms with E-state index in [4.69, 9.17) is 10.9 Å². The van der Waals surface area contributed by atoms with Crippen LogP contribution in [0, 0.1) is 5.82 Å². The van der Waals surface area contributed by atoms with Crippen molar-refractivity contribution in [3.63, 3.8) is 0 Å². The van der Waals surface area contributed by atoms with E-state index in [0.29, 0.717) is 17.7 Å². The Hall–Kier alpha value is -1.44. The van der Waals surface area contributed by atoms with Crippen LogP contribution in [0.2, 0.25) is 0 Å². The van der Waals surface area contributed by atoms with E-state index in [1.807, 2.05) is 17.3 Å². The number of nitrogens with zero attached hydrogens (tertiary/aromatic N) is 2. The third-order valence-corrected chi connectivity index (χ3v) is 4.63. The quantitative estimate of drug-likeness (QED) is 0.366. The summed E-state index contributed by atoms with van der Waals surface area (Å²) in [5, 5.41) is 13.5. The lowest BCUT2D eigenvalue weighted by molar-refractivity contribution is 0.316. The maximum absolute atomic E-state index is 14.0. The van der Waals surface area contributed by atoms with Crippen LogP contribution in [-0.2, 0) is 13.1 Å². The van der Waals surface area contributed by atoms with Gasteiger partial charge in [-0.2, -0.15) is 0 Å². The lowest BCUT2D eigenvalue weighted by Crippen LogP contribution is -2.18. The lowest BCUT2D eigenvalue weighted by Gasteiger charge is -2.16. The second-order valence-corrected chi connectivity index (χ2v) is 6.61. The summed E-state index contributed by atoms with van der Waals surface area (Å²) in [6.45, 7) is 1.23. The molecule has 0 aliphatic heterocycles. The van der Waals surface area contributed by atoms with E-state index in [1.165, 1.54) is 10.9 Å². The molecule has 0 atom stereocenters. The van der Waals surface area contributed by atoms with Crippen molar-refractivity contribution in [2.24, 2.45) is 10.9 Å². The lowest BCUT2D eigenvalue weighted by atomic mass is 10.1. The zero-order valence-corrected chi connectivity index (χ0v) is 13.8. The Morgan fingerprint density at radius 2 is 2.19 bits per heavy atom. The Morgan fingerprint density at radius 1 is 1.43 bits per heavy atom. The number of nitrogens with two attached hydrogens (primary N) is 1. The second kappa shape index (κ2) is 7.02. The van der Waals surface area contributed by atoms with Crippen molar-refractivity contribution in [2.75, 3.05) is 7.05 Å². The minimum Gasteiger partial charge on any atom is -0.409 e. The highest BCUT2D eigenvalue weighted by molar-refractivity contribution is 9.10. The van der Waals surface area contributed by atoms with Gasteiger partial charge in [-0.05, 0) is 35.1 Å². The van der Waals surface area contributed by atoms with Crippen LogP contribution in [0.1, 0.15) is 16.0 Å². The highest BCUT2D eigenvalue weighted by atomic mass is 79.9. The summed E-state index contributed by atoms with van der Waals surface area (Å²) in [4.78, 5) is 3.23. The molecule has 21 heavy (non-hydrogen) atoms. The van der Waals surface area contributed by atoms with Crippen LogP contribution in [-0.4, -0.2) is 23.0 Å². The SMILES string of the molecule is CN(Cc1cc(Br)cs1)Cc1ccc(C(N)=NO)cc1F. The van der Waals surface area contributed by atoms with Crippen molar-refractivity contribution < 1.29 is 9.60 Å². The summed E-state index contributed by atoms with van der Waals surface area (Å²) in [7, 11) is 1.94. The molecule has 112 valence electrons. The van der Waals surface area contributed by atoms with Gasteiger partial charge in [-0.25, -0.2) is 4.39 Å². The number of amidine groups is 1. The van der Waals surface area contributed by atoms with Gasteiger partial charge >= 0.3 is 0 Å². The maximum atomic E-state index is 14.0. The van der Waals surface area contributed by atoms with Gasteiger partial charge in [0.2, 0.25) is 0 Å². The molecular weight excluding hydrogens is 357 g/mol. The van der Waals surface area contributed by atoms with Crippen LogP contribution in [0.15, 0.2) is 39.3 Å². The number of hydrogen-bond acceptors (Lipinski definition) is 4. The van der Waals surface area contributed by atoms with Crippen LogP contribution in [0.5, 0.6) is 0 Å². The molecule has 0 bridgehead atoms. The van der Waals surface area contributed by atoms with Gasteiger partial charge < -0.3 is 10.9 Å². The number of benzene rings is 1. The van der Waals surface area contributed by atoms with Gasteiger partial charge in [0.25, 0.3) is 0 Å². The first-order chi connectivity index (χ1) is 9.99. The predicted molar refractivity (Wildman–Crippen MR) is 86.1 cm³/mol. The van der Waals surface area contributed by atoms with Gasteiger partial charge in [0.1, 0.15) is 5.82 Å². The first-order valence-electron chi connectivity index (χ1n) is 6.17. The van der Waals surface area contributed by atoms with Crippen LogP contribution in [0.25, 0.3) is 0 Å². The van der Waals surface area contributed by atoms with Crippen LogP contribution in [0.4, 0.5) is 4.39 Å². The van der Waals surface area contributed by atoms with Gasteiger partial charge in [-0.3, -0.25) is 4.90 Å². The molecule has 0 radical (unpaired) electrons. The molecule has 4 nitrogen and oxygen atoms in total. The van der Waals surface area contributed by atoms with Gasteiger partial charge in [0, 0.05) is 38.9 Å². The number of halogens is 2. The normalized spacial score (nSPS) is 12.1. The van der Waals surface area contributed by atoms with Crippen molar-refractivity contribution in [2.45, 2.75) is 13.1 Å².